The predicted octanol–water partition coefficient (Wildman–Crippen LogP) is 1.78. The number of nitrogens with one attached hydrogen (secondary N) is 1. The van der Waals surface area contributed by atoms with Gasteiger partial charge in [0.25, 0.3) is 0 Å². The standard InChI is InChI=1S/C14H18N4O/c1-2-6-13(7-3-1)19-10-14-17-16-11-18(14)12-5-4-8-15-9-12/h1-3,6-7,11-12,15H,4-5,8-10H2. The van der Waals surface area contributed by atoms with Crippen molar-refractivity contribution in [2.24, 2.45) is 0 Å². The summed E-state index contributed by atoms with van der Waals surface area (Å²) in [7, 11) is 0. The summed E-state index contributed by atoms with van der Waals surface area (Å²) in [5.74, 6) is 1.75. The van der Waals surface area contributed by atoms with Gasteiger partial charge < -0.3 is 14.6 Å². The Balaban J connectivity index is 1.66. The fraction of sp³-hybridized carbons (Fsp3) is 0.429. The SMILES string of the molecule is c1ccc(OCc2nncn2C2CCCNC2)cc1. The van der Waals surface area contributed by atoms with Crippen LogP contribution in [0.15, 0.2) is 36.7 Å². The van der Waals surface area contributed by atoms with Crippen molar-refractivity contribution in [2.75, 3.05) is 13.1 Å². The van der Waals surface area contributed by atoms with E-state index in [1.54, 1.807) is 6.33 Å². The number of rotatable bonds is 4. The van der Waals surface area contributed by atoms with Crippen LogP contribution in [0.1, 0.15) is 24.7 Å². The molecule has 2 heterocycles. The largest absolute Gasteiger partial charge is 0.486 e. The predicted molar refractivity (Wildman–Crippen MR) is 71.9 cm³/mol. The van der Waals surface area contributed by atoms with Crippen molar-refractivity contribution in [1.82, 2.24) is 20.1 Å². The van der Waals surface area contributed by atoms with Crippen LogP contribution in [0.5, 0.6) is 5.75 Å². The van der Waals surface area contributed by atoms with Crippen LogP contribution in [0, 0.1) is 0 Å². The molecular weight excluding hydrogens is 240 g/mol. The first kappa shape index (κ1) is 12.2. The Morgan fingerprint density at radius 1 is 1.32 bits per heavy atom. The van der Waals surface area contributed by atoms with Gasteiger partial charge in [-0.3, -0.25) is 0 Å². The van der Waals surface area contributed by atoms with Crippen molar-refractivity contribution in [3.63, 3.8) is 0 Å². The van der Waals surface area contributed by atoms with Crippen LogP contribution < -0.4 is 10.1 Å². The smallest absolute Gasteiger partial charge is 0.171 e. The lowest BCUT2D eigenvalue weighted by atomic mass is 10.1. The minimum absolute atomic E-state index is 0.443. The van der Waals surface area contributed by atoms with E-state index < -0.39 is 0 Å². The molecule has 0 aliphatic carbocycles. The monoisotopic (exact) mass is 258 g/mol. The third kappa shape index (κ3) is 2.93. The van der Waals surface area contributed by atoms with Gasteiger partial charge in [-0.05, 0) is 31.5 Å². The third-order valence-corrected chi connectivity index (χ3v) is 3.42. The molecule has 1 aromatic heterocycles. The summed E-state index contributed by atoms with van der Waals surface area (Å²) in [6.07, 6.45) is 4.17. The number of aromatic nitrogens is 3. The number of nitrogens with zero attached hydrogens (tertiary/aromatic N) is 3. The Bertz CT molecular complexity index is 505. The Kier molecular flexibility index (Phi) is 3.74. The molecule has 0 amide bonds. The molecule has 1 saturated heterocycles. The number of hydrogen-bond acceptors (Lipinski definition) is 4. The van der Waals surface area contributed by atoms with Crippen LogP contribution in [-0.4, -0.2) is 27.9 Å². The average molecular weight is 258 g/mol. The van der Waals surface area contributed by atoms with E-state index in [0.29, 0.717) is 12.6 Å². The van der Waals surface area contributed by atoms with Crippen LogP contribution in [0.3, 0.4) is 0 Å². The van der Waals surface area contributed by atoms with Gasteiger partial charge in [0, 0.05) is 12.6 Å². The molecule has 5 nitrogen and oxygen atoms in total. The highest BCUT2D eigenvalue weighted by molar-refractivity contribution is 5.21. The van der Waals surface area contributed by atoms with Crippen LogP contribution in [0.4, 0.5) is 0 Å². The molecule has 1 fully saturated rings. The number of ether oxygens (including phenoxy) is 1. The van der Waals surface area contributed by atoms with Gasteiger partial charge in [0.15, 0.2) is 5.82 Å². The highest BCUT2D eigenvalue weighted by atomic mass is 16.5. The van der Waals surface area contributed by atoms with E-state index in [0.717, 1.165) is 24.7 Å². The zero-order valence-electron chi connectivity index (χ0n) is 10.8. The first-order valence-electron chi connectivity index (χ1n) is 6.70. The second-order valence-corrected chi connectivity index (χ2v) is 4.76. The molecule has 19 heavy (non-hydrogen) atoms. The van der Waals surface area contributed by atoms with Gasteiger partial charge in [-0.25, -0.2) is 0 Å². The van der Waals surface area contributed by atoms with E-state index in [2.05, 4.69) is 20.1 Å². The van der Waals surface area contributed by atoms with Crippen molar-refractivity contribution in [1.29, 1.82) is 0 Å². The molecule has 1 aliphatic rings. The maximum Gasteiger partial charge on any atom is 0.171 e. The minimum atomic E-state index is 0.443. The van der Waals surface area contributed by atoms with Crippen molar-refractivity contribution in [3.05, 3.63) is 42.5 Å². The summed E-state index contributed by atoms with van der Waals surface area (Å²) >= 11 is 0. The number of hydrogen-bond donors (Lipinski definition) is 1. The molecule has 0 bridgehead atoms. The topological polar surface area (TPSA) is 52.0 Å². The minimum Gasteiger partial charge on any atom is -0.486 e. The average Bonchev–Trinajstić information content (AvgIpc) is 2.95. The Morgan fingerprint density at radius 2 is 2.21 bits per heavy atom. The van der Waals surface area contributed by atoms with E-state index >= 15 is 0 Å². The molecule has 3 rings (SSSR count). The first-order valence-corrected chi connectivity index (χ1v) is 6.70. The summed E-state index contributed by atoms with van der Waals surface area (Å²) in [6, 6.07) is 10.2. The molecule has 1 atom stereocenters. The van der Waals surface area contributed by atoms with E-state index in [1.165, 1.54) is 12.8 Å². The normalized spacial score (nSPS) is 19.3. The van der Waals surface area contributed by atoms with Gasteiger partial charge in [-0.1, -0.05) is 18.2 Å². The fourth-order valence-electron chi connectivity index (χ4n) is 2.41. The number of benzene rings is 1. The van der Waals surface area contributed by atoms with Crippen molar-refractivity contribution in [2.45, 2.75) is 25.5 Å². The highest BCUT2D eigenvalue weighted by Gasteiger charge is 2.18. The van der Waals surface area contributed by atoms with Crippen molar-refractivity contribution >= 4 is 0 Å². The van der Waals surface area contributed by atoms with Gasteiger partial charge in [0.2, 0.25) is 0 Å². The van der Waals surface area contributed by atoms with Gasteiger partial charge in [0.1, 0.15) is 18.7 Å². The lowest BCUT2D eigenvalue weighted by molar-refractivity contribution is 0.275. The van der Waals surface area contributed by atoms with E-state index in [-0.39, 0.29) is 0 Å². The molecule has 2 aromatic rings. The number of para-hydroxylation sites is 1. The second-order valence-electron chi connectivity index (χ2n) is 4.76. The molecule has 1 unspecified atom stereocenters. The summed E-state index contributed by atoms with van der Waals surface area (Å²) in [6.45, 7) is 2.55. The maximum absolute atomic E-state index is 5.74. The molecule has 0 radical (unpaired) electrons. The zero-order valence-corrected chi connectivity index (χ0v) is 10.8. The summed E-state index contributed by atoms with van der Waals surface area (Å²) in [5, 5.41) is 11.6. The maximum atomic E-state index is 5.74. The molecule has 1 aromatic carbocycles. The fourth-order valence-corrected chi connectivity index (χ4v) is 2.41. The Morgan fingerprint density at radius 3 is 3.00 bits per heavy atom. The van der Waals surface area contributed by atoms with Crippen LogP contribution in [0.2, 0.25) is 0 Å². The molecule has 1 N–H and O–H groups in total. The molecule has 0 saturated carbocycles. The second kappa shape index (κ2) is 5.84. The Hall–Kier alpha value is -1.88. The first-order chi connectivity index (χ1) is 9.43. The molecule has 0 spiro atoms. The molecule has 100 valence electrons. The summed E-state index contributed by atoms with van der Waals surface area (Å²) in [4.78, 5) is 0. The van der Waals surface area contributed by atoms with Crippen molar-refractivity contribution < 1.29 is 4.74 Å². The van der Waals surface area contributed by atoms with Gasteiger partial charge in [0.05, 0.1) is 0 Å². The van der Waals surface area contributed by atoms with Gasteiger partial charge in [-0.2, -0.15) is 0 Å². The van der Waals surface area contributed by atoms with Crippen LogP contribution in [0.25, 0.3) is 0 Å². The Labute approximate surface area is 112 Å². The zero-order chi connectivity index (χ0) is 12.9. The lowest BCUT2D eigenvalue weighted by Crippen LogP contribution is -2.32. The van der Waals surface area contributed by atoms with E-state index in [1.807, 2.05) is 30.3 Å². The molecule has 1 aliphatic heterocycles. The highest BCUT2D eigenvalue weighted by Crippen LogP contribution is 2.18. The van der Waals surface area contributed by atoms with Crippen molar-refractivity contribution in [3.8, 4) is 5.75 Å². The van der Waals surface area contributed by atoms with E-state index in [4.69, 9.17) is 4.74 Å². The summed E-state index contributed by atoms with van der Waals surface area (Å²) in [5.41, 5.74) is 0. The summed E-state index contributed by atoms with van der Waals surface area (Å²) < 4.78 is 7.87. The van der Waals surface area contributed by atoms with Gasteiger partial charge in [-0.15, -0.1) is 10.2 Å². The quantitative estimate of drug-likeness (QED) is 0.908. The number of piperidine rings is 1. The van der Waals surface area contributed by atoms with Crippen LogP contribution in [-0.2, 0) is 6.61 Å². The van der Waals surface area contributed by atoms with E-state index in [9.17, 15) is 0 Å². The third-order valence-electron chi connectivity index (χ3n) is 3.42. The van der Waals surface area contributed by atoms with Crippen LogP contribution >= 0.6 is 0 Å². The van der Waals surface area contributed by atoms with Gasteiger partial charge >= 0.3 is 0 Å². The lowest BCUT2D eigenvalue weighted by Gasteiger charge is -2.24. The molecular formula is C14H18N4O. The molecule has 5 heteroatoms.